The van der Waals surface area contributed by atoms with Crippen LogP contribution in [0.4, 0.5) is 0 Å². The quantitative estimate of drug-likeness (QED) is 0.241. The monoisotopic (exact) mass is 549 g/mol. The Hall–Kier alpha value is -2.94. The number of ether oxygens (including phenoxy) is 3. The minimum absolute atomic E-state index is 0.00349. The lowest BCUT2D eigenvalue weighted by atomic mass is 9.82. The molecule has 0 saturated heterocycles. The summed E-state index contributed by atoms with van der Waals surface area (Å²) in [5.74, 6) is -4.90. The number of carbonyl (C=O) groups excluding carboxylic acids is 3. The first-order chi connectivity index (χ1) is 18.0. The van der Waals surface area contributed by atoms with Crippen LogP contribution in [0.5, 0.6) is 11.5 Å². The van der Waals surface area contributed by atoms with Gasteiger partial charge in [-0.1, -0.05) is 75.3 Å². The summed E-state index contributed by atoms with van der Waals surface area (Å²) < 4.78 is 16.8. The number of aliphatic carboxylic acids is 1. The Labute approximate surface area is 232 Å². The topological polar surface area (TPSA) is 142 Å². The minimum atomic E-state index is -1.34. The Morgan fingerprint density at radius 2 is 1.15 bits per heavy atom. The molecule has 39 heavy (non-hydrogen) atoms. The summed E-state index contributed by atoms with van der Waals surface area (Å²) in [4.78, 5) is 49.9. The summed E-state index contributed by atoms with van der Waals surface area (Å²) in [6.07, 6.45) is 0. The van der Waals surface area contributed by atoms with Crippen LogP contribution in [-0.4, -0.2) is 41.6 Å². The Bertz CT molecular complexity index is 1000. The van der Waals surface area contributed by atoms with Crippen LogP contribution in [-0.2, 0) is 23.9 Å². The van der Waals surface area contributed by atoms with Crippen LogP contribution in [0.1, 0.15) is 80.7 Å². The van der Waals surface area contributed by atoms with Crippen molar-refractivity contribution in [3.63, 3.8) is 0 Å². The molecule has 0 spiro atoms. The van der Waals surface area contributed by atoms with E-state index in [0.717, 1.165) is 0 Å². The molecule has 6 atom stereocenters. The average molecular weight is 550 g/mol. The number of rotatable bonds is 14. The van der Waals surface area contributed by atoms with Crippen molar-refractivity contribution < 1.29 is 38.5 Å². The van der Waals surface area contributed by atoms with Crippen molar-refractivity contribution in [2.24, 2.45) is 47.2 Å². The predicted octanol–water partition coefficient (Wildman–Crippen LogP) is 5.05. The fourth-order valence-electron chi connectivity index (χ4n) is 3.61. The third kappa shape index (κ3) is 9.64. The van der Waals surface area contributed by atoms with Gasteiger partial charge >= 0.3 is 23.9 Å². The SMILES string of the molecule is CC(C)C(C)C(=O)OCC(C)C(c1ccc(OC(=O)C(C)C(C)C)c(OC(=O)C(C)C(C)C)c1)[C@H](N)C(=O)O. The van der Waals surface area contributed by atoms with Crippen molar-refractivity contribution in [2.75, 3.05) is 6.61 Å². The van der Waals surface area contributed by atoms with E-state index in [4.69, 9.17) is 19.9 Å². The van der Waals surface area contributed by atoms with Crippen molar-refractivity contribution in [3.8, 4) is 11.5 Å². The number of hydrogen-bond acceptors (Lipinski definition) is 8. The zero-order valence-corrected chi connectivity index (χ0v) is 25.0. The summed E-state index contributed by atoms with van der Waals surface area (Å²) in [5.41, 5.74) is 6.55. The molecule has 1 aromatic carbocycles. The fourth-order valence-corrected chi connectivity index (χ4v) is 3.61. The molecule has 0 amide bonds. The van der Waals surface area contributed by atoms with Gasteiger partial charge in [0.15, 0.2) is 11.5 Å². The minimum Gasteiger partial charge on any atom is -0.480 e. The van der Waals surface area contributed by atoms with E-state index in [2.05, 4.69) is 0 Å². The van der Waals surface area contributed by atoms with E-state index in [-0.39, 0.29) is 47.7 Å². The number of carboxylic acids is 1. The van der Waals surface area contributed by atoms with Crippen LogP contribution in [0.15, 0.2) is 18.2 Å². The molecule has 3 N–H and O–H groups in total. The van der Waals surface area contributed by atoms with E-state index >= 15 is 0 Å². The van der Waals surface area contributed by atoms with Gasteiger partial charge in [-0.05, 0) is 41.4 Å². The highest BCUT2D eigenvalue weighted by atomic mass is 16.6. The summed E-state index contributed by atoms with van der Waals surface area (Å²) in [5, 5.41) is 9.75. The fraction of sp³-hybridized carbons (Fsp3) is 0.667. The molecule has 1 aromatic rings. The highest BCUT2D eigenvalue weighted by Crippen LogP contribution is 2.37. The van der Waals surface area contributed by atoms with Gasteiger partial charge in [-0.25, -0.2) is 0 Å². The molecular formula is C30H47NO8. The molecule has 0 heterocycles. The van der Waals surface area contributed by atoms with Crippen molar-refractivity contribution in [3.05, 3.63) is 23.8 Å². The second-order valence-corrected chi connectivity index (χ2v) is 11.6. The first kappa shape index (κ1) is 34.1. The average Bonchev–Trinajstić information content (AvgIpc) is 2.86. The summed E-state index contributed by atoms with van der Waals surface area (Å²) >= 11 is 0. The van der Waals surface area contributed by atoms with Gasteiger partial charge in [0.2, 0.25) is 0 Å². The third-order valence-corrected chi connectivity index (χ3v) is 7.66. The summed E-state index contributed by atoms with van der Waals surface area (Å²) in [6, 6.07) is 3.21. The van der Waals surface area contributed by atoms with Gasteiger partial charge in [0, 0.05) is 5.92 Å². The van der Waals surface area contributed by atoms with Gasteiger partial charge in [-0.2, -0.15) is 0 Å². The second kappa shape index (κ2) is 15.0. The van der Waals surface area contributed by atoms with Crippen molar-refractivity contribution in [1.82, 2.24) is 0 Å². The number of hydrogen-bond donors (Lipinski definition) is 2. The Morgan fingerprint density at radius 1 is 0.718 bits per heavy atom. The molecule has 0 aliphatic carbocycles. The summed E-state index contributed by atoms with van der Waals surface area (Å²) in [6.45, 7) is 18.3. The van der Waals surface area contributed by atoms with Gasteiger partial charge in [0.1, 0.15) is 6.04 Å². The van der Waals surface area contributed by atoms with Gasteiger partial charge in [0.25, 0.3) is 0 Å². The molecule has 0 saturated carbocycles. The summed E-state index contributed by atoms with van der Waals surface area (Å²) in [7, 11) is 0. The van der Waals surface area contributed by atoms with E-state index in [1.807, 2.05) is 41.5 Å². The van der Waals surface area contributed by atoms with Crippen LogP contribution < -0.4 is 15.2 Å². The van der Waals surface area contributed by atoms with Gasteiger partial charge in [0.05, 0.1) is 24.4 Å². The number of nitrogens with two attached hydrogens (primary N) is 1. The smallest absolute Gasteiger partial charge is 0.321 e. The molecule has 0 fully saturated rings. The van der Waals surface area contributed by atoms with E-state index in [1.165, 1.54) is 12.1 Å². The maximum atomic E-state index is 12.8. The van der Waals surface area contributed by atoms with Crippen molar-refractivity contribution >= 4 is 23.9 Å². The highest BCUT2D eigenvalue weighted by molar-refractivity contribution is 5.79. The van der Waals surface area contributed by atoms with Gasteiger partial charge in [-0.3, -0.25) is 19.2 Å². The molecule has 5 unspecified atom stereocenters. The highest BCUT2D eigenvalue weighted by Gasteiger charge is 2.34. The molecular weight excluding hydrogens is 502 g/mol. The van der Waals surface area contributed by atoms with Gasteiger partial charge in [-0.15, -0.1) is 0 Å². The Morgan fingerprint density at radius 3 is 1.59 bits per heavy atom. The molecule has 0 aliphatic heterocycles. The lowest BCUT2D eigenvalue weighted by Gasteiger charge is -2.28. The van der Waals surface area contributed by atoms with Crippen molar-refractivity contribution in [2.45, 2.75) is 81.2 Å². The van der Waals surface area contributed by atoms with E-state index in [0.29, 0.717) is 5.56 Å². The molecule has 9 heteroatoms. The maximum absolute atomic E-state index is 12.8. The first-order valence-corrected chi connectivity index (χ1v) is 13.7. The number of benzene rings is 1. The molecule has 9 nitrogen and oxygen atoms in total. The van der Waals surface area contributed by atoms with Crippen LogP contribution in [0, 0.1) is 41.4 Å². The molecule has 1 rings (SSSR count). The molecule has 0 bridgehead atoms. The Balaban J connectivity index is 3.47. The van der Waals surface area contributed by atoms with Crippen LogP contribution in [0.3, 0.4) is 0 Å². The van der Waals surface area contributed by atoms with Crippen LogP contribution in [0.25, 0.3) is 0 Å². The number of esters is 3. The zero-order valence-electron chi connectivity index (χ0n) is 25.0. The largest absolute Gasteiger partial charge is 0.480 e. The lowest BCUT2D eigenvalue weighted by molar-refractivity contribution is -0.151. The first-order valence-electron chi connectivity index (χ1n) is 13.7. The molecule has 0 radical (unpaired) electrons. The normalized spacial score (nSPS) is 16.3. The van der Waals surface area contributed by atoms with Crippen LogP contribution in [0.2, 0.25) is 0 Å². The Kier molecular flexibility index (Phi) is 13.1. The van der Waals surface area contributed by atoms with E-state index in [1.54, 1.807) is 33.8 Å². The zero-order chi connectivity index (χ0) is 30.2. The standard InChI is InChI=1S/C30H47NO8/c1-15(2)19(8)28(34)37-14-18(7)25(26(31)27(32)33)22-11-12-23(38-29(35)20(9)16(3)4)24(13-22)39-30(36)21(10)17(5)6/h11-13,15-21,25-26H,14,31H2,1-10H3,(H,32,33)/t18?,19?,20?,21?,25?,26-/m0/s1. The van der Waals surface area contributed by atoms with E-state index < -0.39 is 47.6 Å². The number of carbonyl (C=O) groups is 4. The maximum Gasteiger partial charge on any atom is 0.321 e. The third-order valence-electron chi connectivity index (χ3n) is 7.66. The number of carboxylic acid groups (broad SMARTS) is 1. The van der Waals surface area contributed by atoms with E-state index in [9.17, 15) is 24.3 Å². The molecule has 0 aromatic heterocycles. The van der Waals surface area contributed by atoms with Gasteiger partial charge < -0.3 is 25.1 Å². The van der Waals surface area contributed by atoms with Crippen LogP contribution >= 0.6 is 0 Å². The molecule has 0 aliphatic rings. The second-order valence-electron chi connectivity index (χ2n) is 11.6. The predicted molar refractivity (Wildman–Crippen MR) is 148 cm³/mol. The van der Waals surface area contributed by atoms with Crippen molar-refractivity contribution in [1.29, 1.82) is 0 Å². The molecule has 220 valence electrons. The lowest BCUT2D eigenvalue weighted by Crippen LogP contribution is -2.41.